The highest BCUT2D eigenvalue weighted by atomic mass is 35.5. The molecule has 1 heterocycles. The number of likely N-dealkylation sites (N-methyl/N-ethyl adjacent to an activating group) is 1. The average Bonchev–Trinajstić information content (AvgIpc) is 2.72. The molecular formula is C24H26ClNO2. The third-order valence-electron chi connectivity index (χ3n) is 5.10. The summed E-state index contributed by atoms with van der Waals surface area (Å²) in [6.07, 6.45) is 0. The van der Waals surface area contributed by atoms with Gasteiger partial charge in [0.15, 0.2) is 11.5 Å². The van der Waals surface area contributed by atoms with Crippen LogP contribution in [-0.4, -0.2) is 32.2 Å². The summed E-state index contributed by atoms with van der Waals surface area (Å²) in [5.74, 6) is 1.85. The molecule has 3 nitrogen and oxygen atoms in total. The van der Waals surface area contributed by atoms with E-state index in [9.17, 15) is 0 Å². The molecule has 0 N–H and O–H groups in total. The quantitative estimate of drug-likeness (QED) is 0.584. The van der Waals surface area contributed by atoms with E-state index in [1.807, 2.05) is 6.07 Å². The predicted octanol–water partition coefficient (Wildman–Crippen LogP) is 5.31. The highest BCUT2D eigenvalue weighted by Gasteiger charge is 2.29. The summed E-state index contributed by atoms with van der Waals surface area (Å²) in [7, 11) is 4.29. The number of hydrogen-bond donors (Lipinski definition) is 0. The van der Waals surface area contributed by atoms with Crippen molar-refractivity contribution >= 4 is 12.4 Å². The van der Waals surface area contributed by atoms with Gasteiger partial charge in [0, 0.05) is 12.0 Å². The standard InChI is InChI=1S/C24H25NO2.ClH/c1-25(2)24(19-11-7-4-8-12-19)23(18-9-5-3-6-10-18)20-13-14-21-22(17-20)27-16-15-26-21;/h3-14,17,23-24H,15-16H2,1-2H3;1H. The molecule has 2 atom stereocenters. The number of fused-ring (bicyclic) bond motifs is 1. The molecular weight excluding hydrogens is 370 g/mol. The first-order valence-electron chi connectivity index (χ1n) is 9.40. The normalized spacial score (nSPS) is 14.8. The molecule has 0 aliphatic carbocycles. The minimum atomic E-state index is 0. The van der Waals surface area contributed by atoms with Gasteiger partial charge in [-0.2, -0.15) is 0 Å². The lowest BCUT2D eigenvalue weighted by molar-refractivity contribution is 0.171. The van der Waals surface area contributed by atoms with Crippen molar-refractivity contribution in [2.45, 2.75) is 12.0 Å². The lowest BCUT2D eigenvalue weighted by Gasteiger charge is -2.34. The summed E-state index contributed by atoms with van der Waals surface area (Å²) in [5, 5.41) is 0. The number of benzene rings is 3. The topological polar surface area (TPSA) is 21.7 Å². The molecule has 1 aliphatic rings. The minimum Gasteiger partial charge on any atom is -0.486 e. The van der Waals surface area contributed by atoms with E-state index in [0.717, 1.165) is 11.5 Å². The van der Waals surface area contributed by atoms with Crippen LogP contribution in [0.1, 0.15) is 28.7 Å². The second-order valence-electron chi connectivity index (χ2n) is 7.11. The zero-order chi connectivity index (χ0) is 18.6. The molecule has 4 heteroatoms. The summed E-state index contributed by atoms with van der Waals surface area (Å²) < 4.78 is 11.6. The first-order chi connectivity index (χ1) is 13.2. The van der Waals surface area contributed by atoms with E-state index in [-0.39, 0.29) is 24.4 Å². The second kappa shape index (κ2) is 9.13. The van der Waals surface area contributed by atoms with Crippen molar-refractivity contribution in [2.75, 3.05) is 27.3 Å². The summed E-state index contributed by atoms with van der Waals surface area (Å²) >= 11 is 0. The highest BCUT2D eigenvalue weighted by molar-refractivity contribution is 5.85. The Balaban J connectivity index is 0.00000225. The molecule has 0 bridgehead atoms. The van der Waals surface area contributed by atoms with Gasteiger partial charge in [-0.05, 0) is 42.9 Å². The largest absolute Gasteiger partial charge is 0.486 e. The Morgan fingerprint density at radius 2 is 1.25 bits per heavy atom. The van der Waals surface area contributed by atoms with E-state index < -0.39 is 0 Å². The fraction of sp³-hybridized carbons (Fsp3) is 0.250. The molecule has 4 rings (SSSR count). The van der Waals surface area contributed by atoms with Crippen LogP contribution >= 0.6 is 12.4 Å². The van der Waals surface area contributed by atoms with Crippen molar-refractivity contribution in [3.63, 3.8) is 0 Å². The van der Waals surface area contributed by atoms with Crippen molar-refractivity contribution in [2.24, 2.45) is 0 Å². The van der Waals surface area contributed by atoms with Crippen LogP contribution in [0.3, 0.4) is 0 Å². The van der Waals surface area contributed by atoms with Gasteiger partial charge in [0.1, 0.15) is 13.2 Å². The number of hydrogen-bond acceptors (Lipinski definition) is 3. The molecule has 3 aromatic carbocycles. The molecule has 0 aromatic heterocycles. The number of halogens is 1. The van der Waals surface area contributed by atoms with Crippen LogP contribution in [0, 0.1) is 0 Å². The monoisotopic (exact) mass is 395 g/mol. The molecule has 0 amide bonds. The third kappa shape index (κ3) is 4.16. The van der Waals surface area contributed by atoms with Gasteiger partial charge in [-0.25, -0.2) is 0 Å². The smallest absolute Gasteiger partial charge is 0.161 e. The summed E-state index contributed by atoms with van der Waals surface area (Å²) in [4.78, 5) is 2.30. The fourth-order valence-electron chi connectivity index (χ4n) is 3.91. The molecule has 2 unspecified atom stereocenters. The van der Waals surface area contributed by atoms with Gasteiger partial charge in [-0.15, -0.1) is 12.4 Å². The van der Waals surface area contributed by atoms with E-state index >= 15 is 0 Å². The van der Waals surface area contributed by atoms with Crippen LogP contribution in [0.2, 0.25) is 0 Å². The van der Waals surface area contributed by atoms with E-state index in [1.165, 1.54) is 16.7 Å². The van der Waals surface area contributed by atoms with Gasteiger partial charge < -0.3 is 14.4 Å². The molecule has 0 spiro atoms. The number of rotatable bonds is 5. The maximum atomic E-state index is 5.86. The van der Waals surface area contributed by atoms with Gasteiger partial charge in [0.25, 0.3) is 0 Å². The Morgan fingerprint density at radius 1 is 0.679 bits per heavy atom. The van der Waals surface area contributed by atoms with Gasteiger partial charge in [0.2, 0.25) is 0 Å². The SMILES string of the molecule is CN(C)C(c1ccccc1)C(c1ccccc1)c1ccc2c(c1)OCCO2.Cl. The fourth-order valence-corrected chi connectivity index (χ4v) is 3.91. The van der Waals surface area contributed by atoms with Crippen molar-refractivity contribution in [3.05, 3.63) is 95.6 Å². The van der Waals surface area contributed by atoms with Crippen molar-refractivity contribution < 1.29 is 9.47 Å². The van der Waals surface area contributed by atoms with Crippen LogP contribution < -0.4 is 9.47 Å². The number of nitrogens with zero attached hydrogens (tertiary/aromatic N) is 1. The van der Waals surface area contributed by atoms with E-state index in [4.69, 9.17) is 9.47 Å². The van der Waals surface area contributed by atoms with E-state index in [1.54, 1.807) is 0 Å². The molecule has 0 radical (unpaired) electrons. The van der Waals surface area contributed by atoms with Gasteiger partial charge in [-0.3, -0.25) is 0 Å². The zero-order valence-electron chi connectivity index (χ0n) is 16.2. The zero-order valence-corrected chi connectivity index (χ0v) is 17.1. The van der Waals surface area contributed by atoms with E-state index in [2.05, 4.69) is 91.8 Å². The minimum absolute atomic E-state index is 0. The molecule has 1 aliphatic heterocycles. The molecule has 28 heavy (non-hydrogen) atoms. The maximum Gasteiger partial charge on any atom is 0.161 e. The molecule has 146 valence electrons. The second-order valence-corrected chi connectivity index (χ2v) is 7.11. The molecule has 0 saturated carbocycles. The van der Waals surface area contributed by atoms with Crippen molar-refractivity contribution in [1.29, 1.82) is 0 Å². The Morgan fingerprint density at radius 3 is 1.86 bits per heavy atom. The average molecular weight is 396 g/mol. The molecule has 0 saturated heterocycles. The first-order valence-corrected chi connectivity index (χ1v) is 9.40. The lowest BCUT2D eigenvalue weighted by Crippen LogP contribution is -2.27. The maximum absolute atomic E-state index is 5.86. The Kier molecular flexibility index (Phi) is 6.61. The Labute approximate surface area is 173 Å². The van der Waals surface area contributed by atoms with Gasteiger partial charge >= 0.3 is 0 Å². The molecule has 3 aromatic rings. The van der Waals surface area contributed by atoms with Crippen LogP contribution in [0.5, 0.6) is 11.5 Å². The number of ether oxygens (including phenoxy) is 2. The van der Waals surface area contributed by atoms with Crippen molar-refractivity contribution in [1.82, 2.24) is 4.90 Å². The van der Waals surface area contributed by atoms with Gasteiger partial charge in [0.05, 0.1) is 0 Å². The van der Waals surface area contributed by atoms with Crippen LogP contribution in [-0.2, 0) is 0 Å². The Hall–Kier alpha value is -2.49. The highest BCUT2D eigenvalue weighted by Crippen LogP contribution is 2.42. The van der Waals surface area contributed by atoms with Crippen LogP contribution in [0.25, 0.3) is 0 Å². The van der Waals surface area contributed by atoms with E-state index in [0.29, 0.717) is 13.2 Å². The predicted molar refractivity (Wildman–Crippen MR) is 116 cm³/mol. The summed E-state index contributed by atoms with van der Waals surface area (Å²) in [6.45, 7) is 1.21. The lowest BCUT2D eigenvalue weighted by atomic mass is 9.81. The summed E-state index contributed by atoms with van der Waals surface area (Å²) in [6, 6.07) is 28.0. The Bertz CT molecular complexity index is 884. The third-order valence-corrected chi connectivity index (χ3v) is 5.10. The van der Waals surface area contributed by atoms with Crippen LogP contribution in [0.15, 0.2) is 78.9 Å². The van der Waals surface area contributed by atoms with Crippen LogP contribution in [0.4, 0.5) is 0 Å². The van der Waals surface area contributed by atoms with Crippen molar-refractivity contribution in [3.8, 4) is 11.5 Å². The first kappa shape index (κ1) is 20.2. The summed E-state index contributed by atoms with van der Waals surface area (Å²) in [5.41, 5.74) is 3.82. The molecule has 0 fully saturated rings. The van der Waals surface area contributed by atoms with Gasteiger partial charge in [-0.1, -0.05) is 66.7 Å².